The van der Waals surface area contributed by atoms with Gasteiger partial charge in [-0.15, -0.1) is 11.3 Å². The van der Waals surface area contributed by atoms with Crippen LogP contribution in [0.15, 0.2) is 40.3 Å². The Morgan fingerprint density at radius 2 is 2.24 bits per heavy atom. The molecule has 1 aromatic carbocycles. The molecule has 2 amide bonds. The monoisotopic (exact) mass is 431 g/mol. The van der Waals surface area contributed by atoms with Crippen molar-refractivity contribution in [2.24, 2.45) is 0 Å². The maximum Gasteiger partial charge on any atom is 0.293 e. The number of nitrogens with zero attached hydrogens (tertiary/aromatic N) is 2. The Kier molecular flexibility index (Phi) is 5.55. The summed E-state index contributed by atoms with van der Waals surface area (Å²) in [7, 11) is 1.58. The van der Waals surface area contributed by atoms with Gasteiger partial charge in [0.1, 0.15) is 5.75 Å². The first-order valence-corrected chi connectivity index (χ1v) is 10.3. The van der Waals surface area contributed by atoms with Crippen LogP contribution in [-0.4, -0.2) is 30.5 Å². The summed E-state index contributed by atoms with van der Waals surface area (Å²) in [5.41, 5.74) is 2.25. The van der Waals surface area contributed by atoms with Crippen LogP contribution in [0, 0.1) is 0 Å². The molecule has 3 aromatic rings. The quantitative estimate of drug-likeness (QED) is 0.655. The number of halogens is 1. The molecule has 0 fully saturated rings. The predicted octanol–water partition coefficient (Wildman–Crippen LogP) is 4.17. The van der Waals surface area contributed by atoms with Gasteiger partial charge >= 0.3 is 0 Å². The van der Waals surface area contributed by atoms with E-state index in [-0.39, 0.29) is 24.0 Å². The molecule has 0 unspecified atom stereocenters. The van der Waals surface area contributed by atoms with Gasteiger partial charge in [-0.3, -0.25) is 14.9 Å². The van der Waals surface area contributed by atoms with Crippen LogP contribution in [0.25, 0.3) is 0 Å². The molecule has 0 aliphatic carbocycles. The summed E-state index contributed by atoms with van der Waals surface area (Å²) in [6.45, 7) is 0.592. The van der Waals surface area contributed by atoms with Crippen LogP contribution in [0.3, 0.4) is 0 Å². The number of thiazole rings is 1. The number of rotatable bonds is 5. The van der Waals surface area contributed by atoms with Crippen molar-refractivity contribution in [3.05, 3.63) is 57.9 Å². The molecule has 9 heteroatoms. The van der Waals surface area contributed by atoms with E-state index in [0.29, 0.717) is 28.1 Å². The van der Waals surface area contributed by atoms with Crippen LogP contribution >= 0.6 is 22.9 Å². The van der Waals surface area contributed by atoms with E-state index in [1.165, 1.54) is 17.6 Å². The third kappa shape index (κ3) is 3.99. The highest BCUT2D eigenvalue weighted by Gasteiger charge is 2.28. The molecule has 0 saturated heterocycles. The number of fused-ring (bicyclic) bond motifs is 1. The normalized spacial score (nSPS) is 13.1. The zero-order valence-electron chi connectivity index (χ0n) is 15.6. The van der Waals surface area contributed by atoms with Gasteiger partial charge in [0.05, 0.1) is 31.2 Å². The third-order valence-corrected chi connectivity index (χ3v) is 5.80. The van der Waals surface area contributed by atoms with Crippen molar-refractivity contribution >= 4 is 45.6 Å². The van der Waals surface area contributed by atoms with E-state index in [9.17, 15) is 9.59 Å². The molecule has 1 aliphatic heterocycles. The standard InChI is InChI=1S/C20H18ClN3O4S/c1-27-15-7-6-14(21)13-4-2-8-24(18(13)15)17(25)10-12-11-29-20(22-12)23-19(26)16-5-3-9-28-16/h3,5-7,9,11H,2,4,8,10H2,1H3,(H,22,23,26). The van der Waals surface area contributed by atoms with Crippen molar-refractivity contribution in [1.29, 1.82) is 0 Å². The molecular formula is C20H18ClN3O4S. The number of hydrogen-bond donors (Lipinski definition) is 1. The highest BCUT2D eigenvalue weighted by molar-refractivity contribution is 7.14. The summed E-state index contributed by atoms with van der Waals surface area (Å²) in [4.78, 5) is 31.1. The molecule has 0 spiro atoms. The van der Waals surface area contributed by atoms with E-state index in [2.05, 4.69) is 10.3 Å². The molecule has 7 nitrogen and oxygen atoms in total. The van der Waals surface area contributed by atoms with Crippen molar-refractivity contribution in [3.63, 3.8) is 0 Å². The van der Waals surface area contributed by atoms with E-state index < -0.39 is 0 Å². The largest absolute Gasteiger partial charge is 0.495 e. The highest BCUT2D eigenvalue weighted by atomic mass is 35.5. The number of carbonyl (C=O) groups excluding carboxylic acids is 2. The van der Waals surface area contributed by atoms with Gasteiger partial charge in [0.25, 0.3) is 5.91 Å². The van der Waals surface area contributed by atoms with Crippen LogP contribution in [0.4, 0.5) is 10.8 Å². The molecule has 0 radical (unpaired) electrons. The lowest BCUT2D eigenvalue weighted by molar-refractivity contribution is -0.118. The molecule has 4 rings (SSSR count). The van der Waals surface area contributed by atoms with Gasteiger partial charge < -0.3 is 14.1 Å². The van der Waals surface area contributed by atoms with Crippen molar-refractivity contribution in [2.75, 3.05) is 23.9 Å². The smallest absolute Gasteiger partial charge is 0.293 e. The van der Waals surface area contributed by atoms with Gasteiger partial charge in [-0.1, -0.05) is 11.6 Å². The number of nitrogens with one attached hydrogen (secondary N) is 1. The number of anilines is 2. The Bertz CT molecular complexity index is 1050. The summed E-state index contributed by atoms with van der Waals surface area (Å²) in [6.07, 6.45) is 3.17. The van der Waals surface area contributed by atoms with E-state index in [4.69, 9.17) is 20.8 Å². The minimum Gasteiger partial charge on any atom is -0.495 e. The zero-order valence-corrected chi connectivity index (χ0v) is 17.2. The number of ether oxygens (including phenoxy) is 1. The minimum absolute atomic E-state index is 0.0965. The second kappa shape index (κ2) is 8.26. The van der Waals surface area contributed by atoms with Crippen LogP contribution in [-0.2, 0) is 17.6 Å². The average molecular weight is 432 g/mol. The van der Waals surface area contributed by atoms with Crippen molar-refractivity contribution < 1.29 is 18.7 Å². The zero-order chi connectivity index (χ0) is 20.4. The molecule has 0 atom stereocenters. The maximum atomic E-state index is 13.0. The first-order chi connectivity index (χ1) is 14.1. The van der Waals surface area contributed by atoms with Gasteiger partial charge in [-0.05, 0) is 42.7 Å². The Balaban J connectivity index is 1.49. The van der Waals surface area contributed by atoms with Gasteiger partial charge in [-0.25, -0.2) is 4.98 Å². The molecular weight excluding hydrogens is 414 g/mol. The fraction of sp³-hybridized carbons (Fsp3) is 0.250. The second-order valence-corrected chi connectivity index (χ2v) is 7.74. The fourth-order valence-electron chi connectivity index (χ4n) is 3.33. The van der Waals surface area contributed by atoms with Gasteiger partial charge in [0.2, 0.25) is 5.91 Å². The lowest BCUT2D eigenvalue weighted by atomic mass is 10.00. The Hall–Kier alpha value is -2.84. The Morgan fingerprint density at radius 3 is 3.00 bits per heavy atom. The number of hydrogen-bond acceptors (Lipinski definition) is 6. The SMILES string of the molecule is COc1ccc(Cl)c2c1N(C(=O)Cc1csc(NC(=O)c3ccco3)n1)CCC2. The molecule has 1 aliphatic rings. The minimum atomic E-state index is -0.383. The van der Waals surface area contributed by atoms with Crippen LogP contribution < -0.4 is 15.0 Å². The van der Waals surface area contributed by atoms with Crippen LogP contribution in [0.2, 0.25) is 5.02 Å². The van der Waals surface area contributed by atoms with Crippen LogP contribution in [0.1, 0.15) is 28.2 Å². The number of amides is 2. The summed E-state index contributed by atoms with van der Waals surface area (Å²) < 4.78 is 10.5. The highest BCUT2D eigenvalue weighted by Crippen LogP contribution is 2.40. The fourth-order valence-corrected chi connectivity index (χ4v) is 4.28. The van der Waals surface area contributed by atoms with Gasteiger partial charge in [0.15, 0.2) is 10.9 Å². The molecule has 2 aromatic heterocycles. The van der Waals surface area contributed by atoms with Gasteiger partial charge in [-0.2, -0.15) is 0 Å². The number of aromatic nitrogens is 1. The van der Waals surface area contributed by atoms with E-state index in [1.807, 2.05) is 0 Å². The summed E-state index contributed by atoms with van der Waals surface area (Å²) in [6, 6.07) is 6.77. The first kappa shape index (κ1) is 19.5. The lowest BCUT2D eigenvalue weighted by Crippen LogP contribution is -2.37. The molecule has 3 heterocycles. The number of methoxy groups -OCH3 is 1. The maximum absolute atomic E-state index is 13.0. The Labute approximate surface area is 176 Å². The third-order valence-electron chi connectivity index (χ3n) is 4.64. The molecule has 1 N–H and O–H groups in total. The summed E-state index contributed by atoms with van der Waals surface area (Å²) in [5, 5.41) is 5.48. The molecule has 0 saturated carbocycles. The predicted molar refractivity (Wildman–Crippen MR) is 111 cm³/mol. The number of carbonyl (C=O) groups is 2. The van der Waals surface area contributed by atoms with Crippen molar-refractivity contribution in [3.8, 4) is 5.75 Å². The van der Waals surface area contributed by atoms with E-state index in [0.717, 1.165) is 24.1 Å². The average Bonchev–Trinajstić information content (AvgIpc) is 3.40. The first-order valence-electron chi connectivity index (χ1n) is 9.02. The van der Waals surface area contributed by atoms with Gasteiger partial charge in [0, 0.05) is 16.9 Å². The number of furan rings is 1. The van der Waals surface area contributed by atoms with E-state index >= 15 is 0 Å². The summed E-state index contributed by atoms with van der Waals surface area (Å²) >= 11 is 7.60. The summed E-state index contributed by atoms with van der Waals surface area (Å²) in [5.74, 6) is 0.348. The van der Waals surface area contributed by atoms with Crippen LogP contribution in [0.5, 0.6) is 5.75 Å². The van der Waals surface area contributed by atoms with E-state index in [1.54, 1.807) is 41.7 Å². The molecule has 0 bridgehead atoms. The van der Waals surface area contributed by atoms with Crippen molar-refractivity contribution in [1.82, 2.24) is 4.98 Å². The molecule has 150 valence electrons. The Morgan fingerprint density at radius 1 is 1.38 bits per heavy atom. The second-order valence-electron chi connectivity index (χ2n) is 6.48. The number of benzene rings is 1. The molecule has 29 heavy (non-hydrogen) atoms. The lowest BCUT2D eigenvalue weighted by Gasteiger charge is -2.31. The van der Waals surface area contributed by atoms with Crippen molar-refractivity contribution in [2.45, 2.75) is 19.3 Å². The topological polar surface area (TPSA) is 84.7 Å².